The standard InChI is InChI=1S/C29H28ClN3O3/c1-4-35-23-15-12-21(16-24(23)36-5-2)28-25-26(20-10-6-18(3)7-11-20)31-32-27(25)29(34)33(28)17-19-8-13-22(30)14-9-19/h6-16,28H,4-5,17H2,1-3H3,(H,31,32). The van der Waals surface area contributed by atoms with Crippen LogP contribution in [0.4, 0.5) is 0 Å². The van der Waals surface area contributed by atoms with Crippen LogP contribution in [0.1, 0.15) is 52.6 Å². The minimum atomic E-state index is -0.354. The van der Waals surface area contributed by atoms with Gasteiger partial charge in [0, 0.05) is 22.7 Å². The second kappa shape index (κ2) is 10.1. The van der Waals surface area contributed by atoms with Gasteiger partial charge in [-0.05, 0) is 56.2 Å². The molecule has 1 aromatic heterocycles. The van der Waals surface area contributed by atoms with Crippen molar-refractivity contribution in [1.29, 1.82) is 0 Å². The Morgan fingerprint density at radius 2 is 1.64 bits per heavy atom. The van der Waals surface area contributed by atoms with E-state index in [-0.39, 0.29) is 11.9 Å². The molecule has 1 aliphatic heterocycles. The number of carbonyl (C=O) groups is 1. The Hall–Kier alpha value is -3.77. The molecule has 6 nitrogen and oxygen atoms in total. The predicted molar refractivity (Wildman–Crippen MR) is 141 cm³/mol. The monoisotopic (exact) mass is 501 g/mol. The number of benzene rings is 3. The summed E-state index contributed by atoms with van der Waals surface area (Å²) in [5.74, 6) is 1.25. The van der Waals surface area contributed by atoms with Gasteiger partial charge in [-0.25, -0.2) is 0 Å². The third-order valence-electron chi connectivity index (χ3n) is 6.34. The van der Waals surface area contributed by atoms with Crippen LogP contribution in [0.15, 0.2) is 66.7 Å². The summed E-state index contributed by atoms with van der Waals surface area (Å²) in [5, 5.41) is 8.26. The lowest BCUT2D eigenvalue weighted by atomic mass is 9.95. The molecule has 1 aliphatic rings. The van der Waals surface area contributed by atoms with Crippen molar-refractivity contribution in [1.82, 2.24) is 15.1 Å². The van der Waals surface area contributed by atoms with Crippen molar-refractivity contribution in [2.75, 3.05) is 13.2 Å². The molecule has 4 aromatic rings. The quantitative estimate of drug-likeness (QED) is 0.296. The molecule has 0 bridgehead atoms. The Morgan fingerprint density at radius 1 is 0.944 bits per heavy atom. The Bertz CT molecular complexity index is 1380. The molecule has 0 saturated heterocycles. The van der Waals surface area contributed by atoms with Gasteiger partial charge in [-0.2, -0.15) is 5.10 Å². The van der Waals surface area contributed by atoms with E-state index < -0.39 is 0 Å². The lowest BCUT2D eigenvalue weighted by Crippen LogP contribution is -2.29. The smallest absolute Gasteiger partial charge is 0.273 e. The molecule has 2 heterocycles. The first-order valence-corrected chi connectivity index (χ1v) is 12.5. The molecule has 0 aliphatic carbocycles. The molecule has 184 valence electrons. The number of aromatic amines is 1. The highest BCUT2D eigenvalue weighted by molar-refractivity contribution is 6.30. The number of amides is 1. The topological polar surface area (TPSA) is 67.5 Å². The van der Waals surface area contributed by atoms with Crippen molar-refractivity contribution in [3.05, 3.63) is 99.7 Å². The first-order chi connectivity index (χ1) is 17.5. The average molecular weight is 502 g/mol. The molecule has 1 unspecified atom stereocenters. The number of nitrogens with zero attached hydrogens (tertiary/aromatic N) is 2. The van der Waals surface area contributed by atoms with E-state index in [4.69, 9.17) is 21.1 Å². The predicted octanol–water partition coefficient (Wildman–Crippen LogP) is 6.58. The van der Waals surface area contributed by atoms with Gasteiger partial charge in [0.25, 0.3) is 5.91 Å². The number of H-pyrrole nitrogens is 1. The van der Waals surface area contributed by atoms with Crippen LogP contribution in [0.5, 0.6) is 11.5 Å². The number of rotatable bonds is 8. The van der Waals surface area contributed by atoms with Crippen LogP contribution < -0.4 is 9.47 Å². The lowest BCUT2D eigenvalue weighted by Gasteiger charge is -2.27. The fourth-order valence-corrected chi connectivity index (χ4v) is 4.79. The zero-order chi connectivity index (χ0) is 25.2. The number of aromatic nitrogens is 2. The van der Waals surface area contributed by atoms with Crippen molar-refractivity contribution >= 4 is 17.5 Å². The first kappa shape index (κ1) is 23.9. The van der Waals surface area contributed by atoms with E-state index in [0.29, 0.717) is 42.0 Å². The van der Waals surface area contributed by atoms with Crippen LogP contribution in [-0.4, -0.2) is 34.2 Å². The number of hydrogen-bond acceptors (Lipinski definition) is 4. The van der Waals surface area contributed by atoms with Crippen LogP contribution in [0.25, 0.3) is 11.3 Å². The highest BCUT2D eigenvalue weighted by Crippen LogP contribution is 2.45. The van der Waals surface area contributed by atoms with Gasteiger partial charge in [-0.15, -0.1) is 0 Å². The zero-order valence-electron chi connectivity index (χ0n) is 20.5. The fourth-order valence-electron chi connectivity index (χ4n) is 4.66. The normalized spacial score (nSPS) is 14.7. The van der Waals surface area contributed by atoms with E-state index >= 15 is 0 Å². The summed E-state index contributed by atoms with van der Waals surface area (Å²) >= 11 is 6.10. The Balaban J connectivity index is 1.64. The van der Waals surface area contributed by atoms with Gasteiger partial charge in [0.05, 0.1) is 24.9 Å². The Kier molecular flexibility index (Phi) is 6.70. The SMILES string of the molecule is CCOc1ccc(C2c3c(-c4ccc(C)cc4)n[nH]c3C(=O)N2Cc2ccc(Cl)cc2)cc1OCC. The van der Waals surface area contributed by atoms with Crippen molar-refractivity contribution in [3.63, 3.8) is 0 Å². The van der Waals surface area contributed by atoms with E-state index in [0.717, 1.165) is 33.5 Å². The number of hydrogen-bond donors (Lipinski definition) is 1. The maximum Gasteiger partial charge on any atom is 0.273 e. The van der Waals surface area contributed by atoms with E-state index in [9.17, 15) is 4.79 Å². The number of ether oxygens (including phenoxy) is 2. The third kappa shape index (κ3) is 4.44. The summed E-state index contributed by atoms with van der Waals surface area (Å²) in [6.45, 7) is 7.40. The molecule has 1 atom stereocenters. The average Bonchev–Trinajstić information content (AvgIpc) is 3.42. The van der Waals surface area contributed by atoms with Gasteiger partial charge in [0.1, 0.15) is 5.69 Å². The molecule has 7 heteroatoms. The first-order valence-electron chi connectivity index (χ1n) is 12.1. The molecule has 0 spiro atoms. The minimum absolute atomic E-state index is 0.0948. The molecule has 1 amide bonds. The highest BCUT2D eigenvalue weighted by Gasteiger charge is 2.42. The number of aryl methyl sites for hydroxylation is 1. The number of nitrogens with one attached hydrogen (secondary N) is 1. The van der Waals surface area contributed by atoms with Crippen molar-refractivity contribution in [3.8, 4) is 22.8 Å². The van der Waals surface area contributed by atoms with Crippen LogP contribution in [0.3, 0.4) is 0 Å². The van der Waals surface area contributed by atoms with Crippen molar-refractivity contribution in [2.24, 2.45) is 0 Å². The van der Waals surface area contributed by atoms with E-state index in [2.05, 4.69) is 22.3 Å². The minimum Gasteiger partial charge on any atom is -0.490 e. The number of halogens is 1. The second-order valence-electron chi connectivity index (χ2n) is 8.76. The summed E-state index contributed by atoms with van der Waals surface area (Å²) < 4.78 is 11.7. The van der Waals surface area contributed by atoms with Crippen molar-refractivity contribution in [2.45, 2.75) is 33.4 Å². The van der Waals surface area contributed by atoms with Crippen LogP contribution in [-0.2, 0) is 6.54 Å². The Labute approximate surface area is 215 Å². The highest BCUT2D eigenvalue weighted by atomic mass is 35.5. The van der Waals surface area contributed by atoms with Gasteiger partial charge >= 0.3 is 0 Å². The molecule has 1 N–H and O–H groups in total. The summed E-state index contributed by atoms with van der Waals surface area (Å²) in [6.07, 6.45) is 0. The molecule has 5 rings (SSSR count). The zero-order valence-corrected chi connectivity index (χ0v) is 21.3. The van der Waals surface area contributed by atoms with Gasteiger partial charge in [0.2, 0.25) is 0 Å². The fraction of sp³-hybridized carbons (Fsp3) is 0.241. The van der Waals surface area contributed by atoms with E-state index in [1.807, 2.05) is 80.3 Å². The lowest BCUT2D eigenvalue weighted by molar-refractivity contribution is 0.0730. The van der Waals surface area contributed by atoms with Crippen LogP contribution in [0.2, 0.25) is 5.02 Å². The summed E-state index contributed by atoms with van der Waals surface area (Å²) in [7, 11) is 0. The number of carbonyl (C=O) groups excluding carboxylic acids is 1. The van der Waals surface area contributed by atoms with Gasteiger partial charge in [0.15, 0.2) is 11.5 Å². The summed E-state index contributed by atoms with van der Waals surface area (Å²) in [6, 6.07) is 21.3. The molecule has 3 aromatic carbocycles. The number of fused-ring (bicyclic) bond motifs is 1. The second-order valence-corrected chi connectivity index (χ2v) is 9.20. The molecular formula is C29H28ClN3O3. The molecule has 0 saturated carbocycles. The molecule has 0 radical (unpaired) electrons. The summed E-state index contributed by atoms with van der Waals surface area (Å²) in [4.78, 5) is 15.6. The largest absolute Gasteiger partial charge is 0.490 e. The van der Waals surface area contributed by atoms with E-state index in [1.54, 1.807) is 0 Å². The van der Waals surface area contributed by atoms with Gasteiger partial charge in [-0.3, -0.25) is 9.89 Å². The van der Waals surface area contributed by atoms with Gasteiger partial charge in [-0.1, -0.05) is 59.6 Å². The third-order valence-corrected chi connectivity index (χ3v) is 6.59. The molecule has 0 fully saturated rings. The molecule has 36 heavy (non-hydrogen) atoms. The maximum atomic E-state index is 13.7. The maximum absolute atomic E-state index is 13.7. The molecular weight excluding hydrogens is 474 g/mol. The van der Waals surface area contributed by atoms with Gasteiger partial charge < -0.3 is 14.4 Å². The van der Waals surface area contributed by atoms with Crippen LogP contribution >= 0.6 is 11.6 Å². The Morgan fingerprint density at radius 3 is 2.33 bits per heavy atom. The summed E-state index contributed by atoms with van der Waals surface area (Å²) in [5.41, 5.74) is 6.19. The van der Waals surface area contributed by atoms with E-state index in [1.165, 1.54) is 0 Å². The van der Waals surface area contributed by atoms with Crippen molar-refractivity contribution < 1.29 is 14.3 Å². The van der Waals surface area contributed by atoms with Crippen LogP contribution in [0, 0.1) is 6.92 Å².